The predicted molar refractivity (Wildman–Crippen MR) is 220 cm³/mol. The van der Waals surface area contributed by atoms with E-state index in [4.69, 9.17) is 18.5 Å². The number of hydrogen-bond donors (Lipinski definition) is 1. The lowest BCUT2D eigenvalue weighted by molar-refractivity contribution is -0.870. The molecule has 0 amide bonds. The third-order valence-corrected chi connectivity index (χ3v) is 10.9. The van der Waals surface area contributed by atoms with Gasteiger partial charge in [0.05, 0.1) is 34.4 Å². The number of rotatable bonds is 42. The number of nitrogens with zero attached hydrogens (tertiary/aromatic N) is 1. The maximum absolute atomic E-state index is 12.6. The lowest BCUT2D eigenvalue weighted by Crippen LogP contribution is -2.37. The van der Waals surface area contributed by atoms with Crippen molar-refractivity contribution in [3.63, 3.8) is 0 Å². The number of hydrogen-bond acceptors (Lipinski definition) is 6. The molecular formula is C43H89NO7P+. The Labute approximate surface area is 323 Å². The second-order valence-electron chi connectivity index (χ2n) is 16.4. The highest BCUT2D eigenvalue weighted by molar-refractivity contribution is 7.47. The van der Waals surface area contributed by atoms with E-state index in [2.05, 4.69) is 13.8 Å². The van der Waals surface area contributed by atoms with E-state index in [-0.39, 0.29) is 25.8 Å². The van der Waals surface area contributed by atoms with Gasteiger partial charge >= 0.3 is 13.8 Å². The van der Waals surface area contributed by atoms with Crippen molar-refractivity contribution < 1.29 is 37.3 Å². The number of quaternary nitrogens is 1. The molecule has 9 heteroatoms. The van der Waals surface area contributed by atoms with Gasteiger partial charge in [-0.3, -0.25) is 13.8 Å². The first-order valence-corrected chi connectivity index (χ1v) is 23.8. The van der Waals surface area contributed by atoms with Gasteiger partial charge in [-0.05, 0) is 12.8 Å². The van der Waals surface area contributed by atoms with Crippen molar-refractivity contribution in [3.05, 3.63) is 0 Å². The van der Waals surface area contributed by atoms with Crippen LogP contribution < -0.4 is 0 Å². The van der Waals surface area contributed by atoms with Gasteiger partial charge < -0.3 is 18.9 Å². The SMILES string of the molecule is CCCCCCCCCCCCCCCCCCCCCCCCCC(=O)OC(COCCCCCCCCC)COP(=O)(O)OCC[N+](C)(C)C. The minimum atomic E-state index is -4.26. The first-order valence-electron chi connectivity index (χ1n) is 22.3. The molecule has 0 bridgehead atoms. The monoisotopic (exact) mass is 763 g/mol. The van der Waals surface area contributed by atoms with Gasteiger partial charge in [-0.25, -0.2) is 4.57 Å². The van der Waals surface area contributed by atoms with E-state index in [0.717, 1.165) is 32.1 Å². The van der Waals surface area contributed by atoms with Crippen molar-refractivity contribution in [2.24, 2.45) is 0 Å². The molecule has 0 aromatic rings. The third kappa shape index (κ3) is 40.7. The molecule has 0 aliphatic heterocycles. The summed E-state index contributed by atoms with van der Waals surface area (Å²) in [5.41, 5.74) is 0. The molecule has 0 saturated heterocycles. The van der Waals surface area contributed by atoms with E-state index in [1.807, 2.05) is 21.1 Å². The molecule has 1 N–H and O–H groups in total. The van der Waals surface area contributed by atoms with Crippen molar-refractivity contribution in [1.29, 1.82) is 0 Å². The molecule has 2 unspecified atom stereocenters. The minimum Gasteiger partial charge on any atom is -0.457 e. The number of unbranched alkanes of at least 4 members (excludes halogenated alkanes) is 28. The van der Waals surface area contributed by atoms with Crippen molar-refractivity contribution in [1.82, 2.24) is 0 Å². The van der Waals surface area contributed by atoms with Crippen molar-refractivity contribution in [2.75, 3.05) is 54.1 Å². The molecule has 0 saturated carbocycles. The van der Waals surface area contributed by atoms with Crippen LogP contribution in [0.5, 0.6) is 0 Å². The molecular weight excluding hydrogens is 673 g/mol. The van der Waals surface area contributed by atoms with Crippen LogP contribution in [0.25, 0.3) is 0 Å². The van der Waals surface area contributed by atoms with E-state index >= 15 is 0 Å². The summed E-state index contributed by atoms with van der Waals surface area (Å²) in [5, 5.41) is 0. The summed E-state index contributed by atoms with van der Waals surface area (Å²) >= 11 is 0. The number of carbonyl (C=O) groups excluding carboxylic acids is 1. The Balaban J connectivity index is 3.96. The number of phosphoric acid groups is 1. The fraction of sp³-hybridized carbons (Fsp3) is 0.977. The van der Waals surface area contributed by atoms with Crippen molar-refractivity contribution in [3.8, 4) is 0 Å². The fourth-order valence-electron chi connectivity index (χ4n) is 6.44. The Morgan fingerprint density at radius 3 is 1.27 bits per heavy atom. The lowest BCUT2D eigenvalue weighted by Gasteiger charge is -2.24. The molecule has 312 valence electrons. The summed E-state index contributed by atoms with van der Waals surface area (Å²) < 4.78 is 34.8. The summed E-state index contributed by atoms with van der Waals surface area (Å²) in [6.07, 6.45) is 38.7. The Morgan fingerprint density at radius 1 is 0.519 bits per heavy atom. The number of ether oxygens (including phenoxy) is 2. The molecule has 0 fully saturated rings. The normalized spacial score (nSPS) is 13.7. The van der Waals surface area contributed by atoms with E-state index < -0.39 is 13.9 Å². The summed E-state index contributed by atoms with van der Waals surface area (Å²) in [6.45, 7) is 5.64. The molecule has 0 aliphatic rings. The summed E-state index contributed by atoms with van der Waals surface area (Å²) in [4.78, 5) is 22.8. The molecule has 0 spiro atoms. The fourth-order valence-corrected chi connectivity index (χ4v) is 7.18. The van der Waals surface area contributed by atoms with Crippen LogP contribution in [0.3, 0.4) is 0 Å². The van der Waals surface area contributed by atoms with Crippen molar-refractivity contribution >= 4 is 13.8 Å². The lowest BCUT2D eigenvalue weighted by atomic mass is 10.0. The standard InChI is InChI=1S/C43H88NO7P/c1-6-8-10-12-14-15-16-17-18-19-20-21-22-23-24-25-26-27-28-29-30-32-34-36-43(45)51-42(40-48-38-35-33-31-13-11-9-7-2)41-50-52(46,47)49-39-37-44(3,4)5/h42H,6-41H2,1-5H3/p+1. The summed E-state index contributed by atoms with van der Waals surface area (Å²) in [6, 6.07) is 0. The van der Waals surface area contributed by atoms with Gasteiger partial charge in [0.2, 0.25) is 0 Å². The highest BCUT2D eigenvalue weighted by Crippen LogP contribution is 2.43. The Kier molecular flexibility index (Phi) is 37.1. The average molecular weight is 763 g/mol. The van der Waals surface area contributed by atoms with Gasteiger partial charge in [0.1, 0.15) is 19.3 Å². The van der Waals surface area contributed by atoms with Crippen LogP contribution in [-0.2, 0) is 27.9 Å². The van der Waals surface area contributed by atoms with E-state index in [1.54, 1.807) is 0 Å². The van der Waals surface area contributed by atoms with Gasteiger partial charge in [0, 0.05) is 13.0 Å². The Morgan fingerprint density at radius 2 is 0.885 bits per heavy atom. The summed E-state index contributed by atoms with van der Waals surface area (Å²) in [5.74, 6) is -0.310. The molecule has 8 nitrogen and oxygen atoms in total. The summed E-state index contributed by atoms with van der Waals surface area (Å²) in [7, 11) is 1.68. The van der Waals surface area contributed by atoms with Crippen molar-refractivity contribution in [2.45, 2.75) is 219 Å². The molecule has 0 aromatic carbocycles. The largest absolute Gasteiger partial charge is 0.472 e. The molecule has 2 atom stereocenters. The van der Waals surface area contributed by atoms with Crippen LogP contribution in [0.2, 0.25) is 0 Å². The van der Waals surface area contributed by atoms with Crippen LogP contribution in [0.15, 0.2) is 0 Å². The van der Waals surface area contributed by atoms with E-state index in [0.29, 0.717) is 24.1 Å². The number of phosphoric ester groups is 1. The third-order valence-electron chi connectivity index (χ3n) is 9.92. The van der Waals surface area contributed by atoms with Gasteiger partial charge in [-0.2, -0.15) is 0 Å². The number of likely N-dealkylation sites (N-methyl/N-ethyl adjacent to an activating group) is 1. The molecule has 0 heterocycles. The highest BCUT2D eigenvalue weighted by Gasteiger charge is 2.26. The first-order chi connectivity index (χ1) is 25.1. The topological polar surface area (TPSA) is 91.3 Å². The van der Waals surface area contributed by atoms with E-state index in [1.165, 1.54) is 161 Å². The molecule has 0 aliphatic carbocycles. The molecule has 0 radical (unpaired) electrons. The maximum atomic E-state index is 12.6. The van der Waals surface area contributed by atoms with Gasteiger partial charge in [-0.15, -0.1) is 0 Å². The first kappa shape index (κ1) is 51.5. The number of esters is 1. The number of carbonyl (C=O) groups is 1. The van der Waals surface area contributed by atoms with Crippen LogP contribution in [-0.4, -0.2) is 75.6 Å². The quantitative estimate of drug-likeness (QED) is 0.0286. The van der Waals surface area contributed by atoms with Crippen LogP contribution in [0.1, 0.15) is 213 Å². The zero-order chi connectivity index (χ0) is 38.4. The maximum Gasteiger partial charge on any atom is 0.472 e. The van der Waals surface area contributed by atoms with E-state index in [9.17, 15) is 14.3 Å². The van der Waals surface area contributed by atoms with Gasteiger partial charge in [-0.1, -0.05) is 194 Å². The average Bonchev–Trinajstić information content (AvgIpc) is 3.09. The Bertz CT molecular complexity index is 807. The highest BCUT2D eigenvalue weighted by atomic mass is 31.2. The Hall–Kier alpha value is -0.500. The predicted octanol–water partition coefficient (Wildman–Crippen LogP) is 12.9. The van der Waals surface area contributed by atoms with Gasteiger partial charge in [0.25, 0.3) is 0 Å². The van der Waals surface area contributed by atoms with Gasteiger partial charge in [0.15, 0.2) is 0 Å². The second-order valence-corrected chi connectivity index (χ2v) is 17.9. The van der Waals surface area contributed by atoms with Crippen LogP contribution in [0.4, 0.5) is 0 Å². The van der Waals surface area contributed by atoms with Crippen LogP contribution >= 0.6 is 7.82 Å². The smallest absolute Gasteiger partial charge is 0.457 e. The van der Waals surface area contributed by atoms with Crippen LogP contribution in [0, 0.1) is 0 Å². The minimum absolute atomic E-state index is 0.0933. The zero-order valence-corrected chi connectivity index (χ0v) is 36.2. The molecule has 0 rings (SSSR count). The second kappa shape index (κ2) is 37.4. The molecule has 0 aromatic heterocycles. The zero-order valence-electron chi connectivity index (χ0n) is 35.3. The molecule has 52 heavy (non-hydrogen) atoms.